The molecule has 0 aliphatic heterocycles. The summed E-state index contributed by atoms with van der Waals surface area (Å²) in [6.07, 6.45) is 8.35. The van der Waals surface area contributed by atoms with Crippen molar-refractivity contribution in [1.82, 2.24) is 0 Å². The minimum atomic E-state index is -4.16. The number of hydrogen-bond acceptors (Lipinski definition) is 4. The van der Waals surface area contributed by atoms with Crippen molar-refractivity contribution < 1.29 is 35.1 Å². The van der Waals surface area contributed by atoms with Gasteiger partial charge in [0.05, 0.1) is 0 Å². The number of benzene rings is 4. The van der Waals surface area contributed by atoms with Crippen LogP contribution in [0.3, 0.4) is 0 Å². The van der Waals surface area contributed by atoms with Crippen LogP contribution in [0.1, 0.15) is 41.0 Å². The first-order valence-electron chi connectivity index (χ1n) is 17.1. The monoisotopic (exact) mass is 816 g/mol. The normalized spacial score (nSPS) is 16.6. The van der Waals surface area contributed by atoms with E-state index in [1.54, 1.807) is 12.5 Å². The Labute approximate surface area is 316 Å². The molecule has 0 saturated heterocycles. The number of furan rings is 4. The van der Waals surface area contributed by atoms with Gasteiger partial charge in [0.25, 0.3) is 0 Å². The topological polar surface area (TPSA) is 52.6 Å². The third-order valence-corrected chi connectivity index (χ3v) is 28.2. The first kappa shape index (κ1) is 34.7. The summed E-state index contributed by atoms with van der Waals surface area (Å²) in [6, 6.07) is 42.5. The molecule has 2 aliphatic carbocycles. The Kier molecular flexibility index (Phi) is 8.47. The quantitative estimate of drug-likeness (QED) is 0.157. The van der Waals surface area contributed by atoms with Crippen LogP contribution in [0.25, 0.3) is 67.9 Å². The molecule has 0 amide bonds. The second-order valence-corrected chi connectivity index (χ2v) is 45.3. The molecule has 4 aromatic carbocycles. The number of hydrogen-bond donors (Lipinski definition) is 0. The molecular formula is C44H36Cl2O4SiZr. The van der Waals surface area contributed by atoms with E-state index in [0.29, 0.717) is 0 Å². The molecule has 10 rings (SSSR count). The van der Waals surface area contributed by atoms with Gasteiger partial charge in [-0.25, -0.2) is 0 Å². The van der Waals surface area contributed by atoms with E-state index in [9.17, 15) is 0 Å². The maximum atomic E-state index is 6.48. The van der Waals surface area contributed by atoms with Gasteiger partial charge in [-0.1, -0.05) is 0 Å². The van der Waals surface area contributed by atoms with Gasteiger partial charge in [-0.3, -0.25) is 0 Å². The van der Waals surface area contributed by atoms with Gasteiger partial charge in [-0.05, 0) is 0 Å². The molecule has 0 spiro atoms. The van der Waals surface area contributed by atoms with Crippen LogP contribution in [0.4, 0.5) is 0 Å². The van der Waals surface area contributed by atoms with Gasteiger partial charge in [0.15, 0.2) is 0 Å². The molecule has 0 bridgehead atoms. The van der Waals surface area contributed by atoms with Gasteiger partial charge in [-0.2, -0.15) is 0 Å². The molecular weight excluding hydrogens is 783 g/mol. The summed E-state index contributed by atoms with van der Waals surface area (Å²) in [6.45, 7) is 2.31. The molecule has 4 heterocycles. The number of rotatable bonds is 6. The van der Waals surface area contributed by atoms with E-state index in [1.165, 1.54) is 33.4 Å². The van der Waals surface area contributed by atoms with E-state index in [1.807, 2.05) is 36.4 Å². The molecule has 2 unspecified atom stereocenters. The molecule has 2 atom stereocenters. The van der Waals surface area contributed by atoms with E-state index in [0.717, 1.165) is 56.1 Å². The van der Waals surface area contributed by atoms with Crippen molar-refractivity contribution in [1.29, 1.82) is 0 Å². The van der Waals surface area contributed by atoms with E-state index >= 15 is 0 Å². The number of halogens is 2. The second-order valence-electron chi connectivity index (χ2n) is 14.9. The van der Waals surface area contributed by atoms with Crippen LogP contribution >= 0.6 is 24.8 Å². The average Bonchev–Trinajstić information content (AvgIpc) is 3.96. The molecule has 8 heteroatoms. The fourth-order valence-electron chi connectivity index (χ4n) is 8.99. The van der Waals surface area contributed by atoms with Crippen LogP contribution in [-0.2, 0) is 17.4 Å². The molecule has 0 fully saturated rings. The van der Waals surface area contributed by atoms with E-state index in [2.05, 4.69) is 113 Å². The molecule has 4 aromatic heterocycles. The molecule has 8 aromatic rings. The van der Waals surface area contributed by atoms with Crippen LogP contribution in [0, 0.1) is 0 Å². The van der Waals surface area contributed by atoms with E-state index in [-0.39, 0.29) is 32.1 Å². The summed E-state index contributed by atoms with van der Waals surface area (Å²) in [4.78, 5) is 0. The van der Waals surface area contributed by atoms with Crippen molar-refractivity contribution in [2.45, 2.75) is 16.5 Å². The van der Waals surface area contributed by atoms with Crippen LogP contribution in [0.5, 0.6) is 0 Å². The third-order valence-electron chi connectivity index (χ3n) is 11.0. The Morgan fingerprint density at radius 1 is 0.500 bits per heavy atom. The predicted molar refractivity (Wildman–Crippen MR) is 217 cm³/mol. The molecule has 258 valence electrons. The van der Waals surface area contributed by atoms with Gasteiger partial charge >= 0.3 is 294 Å². The second kappa shape index (κ2) is 12.7. The molecule has 0 radical (unpaired) electrons. The Balaban J connectivity index is 0.00000193. The van der Waals surface area contributed by atoms with Crippen molar-refractivity contribution in [3.8, 4) is 22.6 Å². The zero-order valence-electron chi connectivity index (χ0n) is 28.7. The molecule has 0 N–H and O–H groups in total. The van der Waals surface area contributed by atoms with Crippen molar-refractivity contribution >= 4 is 76.9 Å². The summed E-state index contributed by atoms with van der Waals surface area (Å²) in [5.41, 5.74) is 11.6. The van der Waals surface area contributed by atoms with Crippen molar-refractivity contribution in [2.75, 3.05) is 0 Å². The summed E-state index contributed by atoms with van der Waals surface area (Å²) in [5, 5.41) is 2.21. The van der Waals surface area contributed by atoms with Gasteiger partial charge in [0.1, 0.15) is 0 Å². The predicted octanol–water partition coefficient (Wildman–Crippen LogP) is 12.8. The number of allylic oxidation sites excluding steroid dienone is 2. The average molecular weight is 819 g/mol. The summed E-state index contributed by atoms with van der Waals surface area (Å²) >= 11 is -4.16. The SMILES string of the molecule is Cl.Cl.[CH3][Zr]([CH3])(=[SiH2])([CH]1C(c2ccco2)=Cc2c(-c3cc4ccccc4o3)cccc21)[CH]1C(c2ccco2)=Cc2c(-c3cc4ccccc4o3)cccc21. The zero-order valence-corrected chi connectivity index (χ0v) is 34.2. The van der Waals surface area contributed by atoms with Crippen molar-refractivity contribution in [3.05, 3.63) is 168 Å². The minimum absolute atomic E-state index is 0. The first-order valence-corrected chi connectivity index (χ1v) is 30.8. The molecule has 52 heavy (non-hydrogen) atoms. The van der Waals surface area contributed by atoms with Crippen molar-refractivity contribution in [3.63, 3.8) is 0 Å². The van der Waals surface area contributed by atoms with Gasteiger partial charge < -0.3 is 0 Å². The van der Waals surface area contributed by atoms with Crippen LogP contribution < -0.4 is 0 Å². The van der Waals surface area contributed by atoms with Crippen LogP contribution in [0.2, 0.25) is 9.26 Å². The Morgan fingerprint density at radius 2 is 0.942 bits per heavy atom. The fourth-order valence-corrected chi connectivity index (χ4v) is 27.4. The number of fused-ring (bicyclic) bond motifs is 4. The molecule has 0 saturated carbocycles. The van der Waals surface area contributed by atoms with Gasteiger partial charge in [0, 0.05) is 0 Å². The maximum absolute atomic E-state index is 6.48. The first-order chi connectivity index (χ1) is 24.3. The van der Waals surface area contributed by atoms with E-state index < -0.39 is 17.4 Å². The summed E-state index contributed by atoms with van der Waals surface area (Å²) in [5.74, 6) is 3.62. The number of para-hydroxylation sites is 2. The Morgan fingerprint density at radius 3 is 1.35 bits per heavy atom. The van der Waals surface area contributed by atoms with Crippen LogP contribution in [-0.4, -0.2) is 6.88 Å². The summed E-state index contributed by atoms with van der Waals surface area (Å²) < 4.78 is 31.1. The molecule has 2 aliphatic rings. The van der Waals surface area contributed by atoms with Gasteiger partial charge in [0.2, 0.25) is 0 Å². The fraction of sp³-hybridized carbons (Fsp3) is 0.0909. The van der Waals surface area contributed by atoms with Gasteiger partial charge in [-0.15, -0.1) is 24.8 Å². The summed E-state index contributed by atoms with van der Waals surface area (Å²) in [7, 11) is 0. The van der Waals surface area contributed by atoms with E-state index in [4.69, 9.17) is 17.7 Å². The standard InChI is InChI=1S/2C21H13O2.2CH3.2ClH.H2Si.Zr/c2*1-2-8-20-15(5-1)13-21(23-20)17-7-3-6-14-11-16(12-18(14)17)19-9-4-10-22-19;;;;;;/h2*1-13H;2*1H3;2*1H;1H2;. The van der Waals surface area contributed by atoms with Crippen LogP contribution in [0.15, 0.2) is 152 Å². The zero-order chi connectivity index (χ0) is 33.6. The third kappa shape index (κ3) is 5.26. The molecule has 4 nitrogen and oxygen atoms in total. The Bertz CT molecular complexity index is 2510. The van der Waals surface area contributed by atoms with Crippen molar-refractivity contribution in [2.24, 2.45) is 0 Å². The Hall–Kier alpha value is -4.32.